The van der Waals surface area contributed by atoms with Crippen LogP contribution in [0.1, 0.15) is 13.3 Å². The van der Waals surface area contributed by atoms with Crippen LogP contribution in [0, 0.1) is 0 Å². The van der Waals surface area contributed by atoms with Crippen LogP contribution in [-0.4, -0.2) is 11.7 Å². The van der Waals surface area contributed by atoms with Gasteiger partial charge in [-0.1, -0.05) is 6.08 Å². The Balaban J connectivity index is 3.08. The van der Waals surface area contributed by atoms with Gasteiger partial charge in [-0.15, -0.1) is 0 Å². The van der Waals surface area contributed by atoms with Gasteiger partial charge in [-0.05, 0) is 13.3 Å². The summed E-state index contributed by atoms with van der Waals surface area (Å²) >= 11 is 0. The molecule has 0 fully saturated rings. The smallest absolute Gasteiger partial charge is 0.0929 e. The molecule has 1 nitrogen and oxygen atoms in total. The van der Waals surface area contributed by atoms with E-state index in [4.69, 9.17) is 5.11 Å². The second kappa shape index (κ2) is 3.81. The minimum absolute atomic E-state index is 0.0290. The van der Waals surface area contributed by atoms with Gasteiger partial charge in [0.05, 0.1) is 5.83 Å². The van der Waals surface area contributed by atoms with E-state index in [0.717, 1.165) is 0 Å². The van der Waals surface area contributed by atoms with E-state index in [-0.39, 0.29) is 12.4 Å². The molecule has 0 heterocycles. The summed E-state index contributed by atoms with van der Waals surface area (Å²) in [5.74, 6) is -0.228. The van der Waals surface area contributed by atoms with Crippen molar-refractivity contribution in [2.24, 2.45) is 0 Å². The van der Waals surface area contributed by atoms with Gasteiger partial charge in [-0.25, -0.2) is 4.39 Å². The van der Waals surface area contributed by atoms with Gasteiger partial charge in [-0.3, -0.25) is 0 Å². The standard InChI is InChI=1S/C5H9FO/c1-5(6)3-2-4-7/h3,7H,2,4H2,1H3/b5-3+. The van der Waals surface area contributed by atoms with E-state index in [2.05, 4.69) is 0 Å². The van der Waals surface area contributed by atoms with Crippen LogP contribution >= 0.6 is 0 Å². The maximum absolute atomic E-state index is 11.6. The quantitative estimate of drug-likeness (QED) is 0.558. The summed E-state index contributed by atoms with van der Waals surface area (Å²) in [5, 5.41) is 8.10. The third-order valence-electron chi connectivity index (χ3n) is 0.555. The summed E-state index contributed by atoms with van der Waals surface area (Å²) in [6.45, 7) is 1.39. The molecule has 0 amide bonds. The van der Waals surface area contributed by atoms with Gasteiger partial charge in [0.1, 0.15) is 0 Å². The van der Waals surface area contributed by atoms with Crippen molar-refractivity contribution < 1.29 is 9.50 Å². The maximum atomic E-state index is 11.6. The SMILES string of the molecule is C/C(F)=C\CCO. The van der Waals surface area contributed by atoms with Crippen LogP contribution in [0.15, 0.2) is 11.9 Å². The first kappa shape index (κ1) is 6.63. The molecule has 0 spiro atoms. The molecule has 0 atom stereocenters. The zero-order valence-electron chi connectivity index (χ0n) is 4.32. The minimum Gasteiger partial charge on any atom is -0.396 e. The van der Waals surface area contributed by atoms with Crippen molar-refractivity contribution in [1.82, 2.24) is 0 Å². The van der Waals surface area contributed by atoms with Gasteiger partial charge in [-0.2, -0.15) is 0 Å². The number of rotatable bonds is 2. The Morgan fingerprint density at radius 1 is 1.86 bits per heavy atom. The molecule has 0 aromatic heterocycles. The lowest BCUT2D eigenvalue weighted by Crippen LogP contribution is -1.75. The normalized spacial score (nSPS) is 12.1. The van der Waals surface area contributed by atoms with Crippen LogP contribution in [0.3, 0.4) is 0 Å². The lowest BCUT2D eigenvalue weighted by Gasteiger charge is -1.81. The Bertz CT molecular complexity index is 64.5. The first-order chi connectivity index (χ1) is 3.27. The highest BCUT2D eigenvalue weighted by molar-refractivity contribution is 4.85. The number of halogens is 1. The van der Waals surface area contributed by atoms with E-state index in [9.17, 15) is 4.39 Å². The molecule has 1 N–H and O–H groups in total. The first-order valence-electron chi connectivity index (χ1n) is 2.20. The molecule has 0 aliphatic carbocycles. The molecular weight excluding hydrogens is 95.1 g/mol. The minimum atomic E-state index is -0.228. The average molecular weight is 104 g/mol. The van der Waals surface area contributed by atoms with Crippen molar-refractivity contribution in [3.63, 3.8) is 0 Å². The van der Waals surface area contributed by atoms with E-state index in [1.165, 1.54) is 13.0 Å². The third-order valence-corrected chi connectivity index (χ3v) is 0.555. The monoisotopic (exact) mass is 104 g/mol. The summed E-state index contributed by atoms with van der Waals surface area (Å²) in [5.41, 5.74) is 0. The fourth-order valence-electron chi connectivity index (χ4n) is 0.263. The van der Waals surface area contributed by atoms with Crippen LogP contribution in [-0.2, 0) is 0 Å². The molecule has 0 rings (SSSR count). The number of hydrogen-bond donors (Lipinski definition) is 1. The summed E-state index contributed by atoms with van der Waals surface area (Å²) in [6.07, 6.45) is 1.77. The van der Waals surface area contributed by atoms with E-state index < -0.39 is 0 Å². The number of hydrogen-bond acceptors (Lipinski definition) is 1. The van der Waals surface area contributed by atoms with Gasteiger partial charge in [0.2, 0.25) is 0 Å². The molecular formula is C5H9FO. The van der Waals surface area contributed by atoms with Crippen LogP contribution in [0.4, 0.5) is 4.39 Å². The van der Waals surface area contributed by atoms with Gasteiger partial charge >= 0.3 is 0 Å². The molecule has 0 aliphatic rings. The summed E-state index contributed by atoms with van der Waals surface area (Å²) in [4.78, 5) is 0. The Morgan fingerprint density at radius 3 is 2.57 bits per heavy atom. The largest absolute Gasteiger partial charge is 0.396 e. The Kier molecular flexibility index (Phi) is 3.61. The Hall–Kier alpha value is -0.370. The zero-order valence-corrected chi connectivity index (χ0v) is 4.32. The maximum Gasteiger partial charge on any atom is 0.0929 e. The summed E-state index contributed by atoms with van der Waals surface area (Å²) in [6, 6.07) is 0. The second-order valence-electron chi connectivity index (χ2n) is 1.30. The van der Waals surface area contributed by atoms with E-state index in [1.807, 2.05) is 0 Å². The van der Waals surface area contributed by atoms with Crippen molar-refractivity contribution >= 4 is 0 Å². The fourth-order valence-corrected chi connectivity index (χ4v) is 0.263. The zero-order chi connectivity index (χ0) is 5.70. The molecule has 7 heavy (non-hydrogen) atoms. The van der Waals surface area contributed by atoms with Crippen LogP contribution in [0.2, 0.25) is 0 Å². The highest BCUT2D eigenvalue weighted by atomic mass is 19.1. The summed E-state index contributed by atoms with van der Waals surface area (Å²) in [7, 11) is 0. The molecule has 0 aromatic rings. The van der Waals surface area contributed by atoms with Gasteiger partial charge < -0.3 is 5.11 Å². The van der Waals surface area contributed by atoms with Crippen LogP contribution in [0.25, 0.3) is 0 Å². The van der Waals surface area contributed by atoms with Crippen molar-refractivity contribution in [3.8, 4) is 0 Å². The fraction of sp³-hybridized carbons (Fsp3) is 0.600. The molecule has 0 bridgehead atoms. The van der Waals surface area contributed by atoms with Crippen molar-refractivity contribution in [2.45, 2.75) is 13.3 Å². The number of aliphatic hydroxyl groups excluding tert-OH is 1. The average Bonchev–Trinajstić information content (AvgIpc) is 1.61. The first-order valence-corrected chi connectivity index (χ1v) is 2.20. The molecule has 0 saturated heterocycles. The van der Waals surface area contributed by atoms with Crippen LogP contribution < -0.4 is 0 Å². The molecule has 0 unspecified atom stereocenters. The molecule has 0 radical (unpaired) electrons. The third kappa shape index (κ3) is 5.63. The second-order valence-corrected chi connectivity index (χ2v) is 1.30. The molecule has 0 saturated carbocycles. The van der Waals surface area contributed by atoms with Gasteiger partial charge in [0, 0.05) is 6.61 Å². The van der Waals surface area contributed by atoms with E-state index in [0.29, 0.717) is 6.42 Å². The predicted molar refractivity (Wildman–Crippen MR) is 26.6 cm³/mol. The topological polar surface area (TPSA) is 20.2 Å². The Morgan fingerprint density at radius 2 is 2.43 bits per heavy atom. The van der Waals surface area contributed by atoms with E-state index >= 15 is 0 Å². The molecule has 42 valence electrons. The number of aliphatic hydroxyl groups is 1. The van der Waals surface area contributed by atoms with Crippen molar-refractivity contribution in [1.29, 1.82) is 0 Å². The highest BCUT2D eigenvalue weighted by Gasteiger charge is 1.78. The van der Waals surface area contributed by atoms with Crippen molar-refractivity contribution in [2.75, 3.05) is 6.61 Å². The lowest BCUT2D eigenvalue weighted by molar-refractivity contribution is 0.301. The highest BCUT2D eigenvalue weighted by Crippen LogP contribution is 1.93. The van der Waals surface area contributed by atoms with Gasteiger partial charge in [0.15, 0.2) is 0 Å². The molecule has 0 aliphatic heterocycles. The van der Waals surface area contributed by atoms with Crippen LogP contribution in [0.5, 0.6) is 0 Å². The summed E-state index contributed by atoms with van der Waals surface area (Å²) < 4.78 is 11.6. The number of allylic oxidation sites excluding steroid dienone is 1. The van der Waals surface area contributed by atoms with Gasteiger partial charge in [0.25, 0.3) is 0 Å². The van der Waals surface area contributed by atoms with Crippen molar-refractivity contribution in [3.05, 3.63) is 11.9 Å². The Labute approximate surface area is 42.5 Å². The molecule has 2 heteroatoms. The predicted octanol–water partition coefficient (Wildman–Crippen LogP) is 1.24. The molecule has 0 aromatic carbocycles. The van der Waals surface area contributed by atoms with E-state index in [1.54, 1.807) is 0 Å². The lowest BCUT2D eigenvalue weighted by atomic mass is 10.4.